The molecule has 0 radical (unpaired) electrons. The van der Waals surface area contributed by atoms with E-state index < -0.39 is 160 Å². The molecule has 0 aliphatic carbocycles. The molecule has 0 fully saturated rings. The Morgan fingerprint density at radius 2 is 1.21 bits per heavy atom. The minimum Gasteiger partial charge on any atom is -0.505 e. The molecule has 0 aliphatic heterocycles. The number of nitrogens with zero attached hydrogens (tertiary/aromatic N) is 8. The zero-order valence-corrected chi connectivity index (χ0v) is 47.9. The van der Waals surface area contributed by atoms with Crippen LogP contribution in [0, 0.1) is 10.1 Å². The number of phenols is 1. The third kappa shape index (κ3) is 16.6. The van der Waals surface area contributed by atoms with Gasteiger partial charge in [0.2, 0.25) is 17.2 Å². The van der Waals surface area contributed by atoms with Gasteiger partial charge in [0.15, 0.2) is 16.8 Å². The number of hydrogen-bond donors (Lipinski definition) is 12. The van der Waals surface area contributed by atoms with Gasteiger partial charge in [0.25, 0.3) is 56.3 Å². The Morgan fingerprint density at radius 1 is 0.640 bits per heavy atom. The number of aromatic nitrogens is 3. The van der Waals surface area contributed by atoms with E-state index in [1.165, 1.54) is 12.1 Å². The average molecular weight is 1350 g/mol. The lowest BCUT2D eigenvalue weighted by molar-refractivity contribution is -0.435. The fourth-order valence-electron chi connectivity index (χ4n) is 7.00. The van der Waals surface area contributed by atoms with Gasteiger partial charge in [0, 0.05) is 33.5 Å². The van der Waals surface area contributed by atoms with Crippen molar-refractivity contribution in [3.63, 3.8) is 0 Å². The molecule has 86 heavy (non-hydrogen) atoms. The van der Waals surface area contributed by atoms with Gasteiger partial charge in [-0.1, -0.05) is 11.1 Å². The molecule has 38 nitrogen and oxygen atoms in total. The van der Waals surface area contributed by atoms with Crippen molar-refractivity contribution < 1.29 is 108 Å². The molecule has 2 amide bonds. The third-order valence-electron chi connectivity index (χ3n) is 10.4. The summed E-state index contributed by atoms with van der Waals surface area (Å²) in [6.45, 7) is -0.347. The molecule has 456 valence electrons. The average Bonchev–Trinajstić information content (AvgIpc) is 1.05. The number of carbonyl (C=O) groups excluding carboxylic acids is 1. The number of nitro groups is 1. The molecule has 1 atom stereocenters. The van der Waals surface area contributed by atoms with Gasteiger partial charge in [-0.05, 0) is 84.4 Å². The molecule has 0 spiro atoms. The van der Waals surface area contributed by atoms with Crippen molar-refractivity contribution in [3.8, 4) is 5.75 Å². The van der Waals surface area contributed by atoms with Crippen LogP contribution in [0.5, 0.6) is 5.75 Å². The number of non-ortho nitro benzene ring substituents is 1. The number of fused-ring (bicyclic) bond motifs is 1. The first kappa shape index (κ1) is 65.3. The first-order valence-corrected chi connectivity index (χ1v) is 31.5. The smallest absolute Gasteiger partial charge is 0.316 e. The molecular formula is C40H32ClN13O25S7. The predicted octanol–water partition coefficient (Wildman–Crippen LogP) is 7.12. The molecule has 1 unspecified atom stereocenters. The van der Waals surface area contributed by atoms with Crippen molar-refractivity contribution in [1.29, 1.82) is 0 Å². The summed E-state index contributed by atoms with van der Waals surface area (Å²) in [6, 6.07) is 12.0. The molecular weight excluding hydrogens is 1320 g/mol. The number of phenolic OH excluding ortho intramolecular Hbond substituents is 1. The lowest BCUT2D eigenvalue weighted by atomic mass is 10.1. The summed E-state index contributed by atoms with van der Waals surface area (Å²) in [5.74, 6) is -1.99. The maximum absolute atomic E-state index is 13.0. The van der Waals surface area contributed by atoms with Gasteiger partial charge in [-0.3, -0.25) is 32.9 Å². The van der Waals surface area contributed by atoms with E-state index in [1.54, 1.807) is 0 Å². The number of rotatable bonds is 25. The van der Waals surface area contributed by atoms with Crippen molar-refractivity contribution in [2.75, 3.05) is 33.6 Å². The summed E-state index contributed by atoms with van der Waals surface area (Å²) in [5.41, 5.74) is -0.420. The van der Waals surface area contributed by atoms with Crippen LogP contribution in [0.4, 0.5) is 73.6 Å². The van der Waals surface area contributed by atoms with Crippen LogP contribution in [0.1, 0.15) is 0 Å². The minimum atomic E-state index is -5.48. The molecule has 0 aliphatic rings. The molecule has 1 aromatic heterocycles. The lowest BCUT2D eigenvalue weighted by Gasteiger charge is -2.15. The number of hydrogen-bond acceptors (Lipinski definition) is 31. The summed E-state index contributed by atoms with van der Waals surface area (Å²) in [4.78, 5) is 33.7. The highest BCUT2D eigenvalue weighted by atomic mass is 35.5. The van der Waals surface area contributed by atoms with Crippen LogP contribution in [0.3, 0.4) is 0 Å². The van der Waals surface area contributed by atoms with E-state index in [9.17, 15) is 89.1 Å². The Kier molecular flexibility index (Phi) is 19.9. The van der Waals surface area contributed by atoms with Gasteiger partial charge in [0.1, 0.15) is 47.2 Å². The maximum Gasteiger partial charge on any atom is 0.316 e. The molecule has 46 heteroatoms. The van der Waals surface area contributed by atoms with Gasteiger partial charge in [-0.25, -0.2) is 19.1 Å². The van der Waals surface area contributed by atoms with E-state index in [0.717, 1.165) is 48.5 Å². The number of carbonyl (C=O) groups is 1. The van der Waals surface area contributed by atoms with Crippen molar-refractivity contribution in [3.05, 3.63) is 106 Å². The van der Waals surface area contributed by atoms with Gasteiger partial charge < -0.3 is 32.1 Å². The monoisotopic (exact) mass is 1350 g/mol. The Bertz CT molecular complexity index is 4590. The number of urea groups is 1. The van der Waals surface area contributed by atoms with Crippen LogP contribution < -0.4 is 27.0 Å². The van der Waals surface area contributed by atoms with Crippen molar-refractivity contribution >= 4 is 171 Å². The van der Waals surface area contributed by atoms with Crippen LogP contribution in [0.15, 0.2) is 141 Å². The number of halogens is 1. The summed E-state index contributed by atoms with van der Waals surface area (Å²) < 4.78 is 196. The van der Waals surface area contributed by atoms with E-state index in [4.69, 9.17) is 31.8 Å². The predicted molar refractivity (Wildman–Crippen MR) is 294 cm³/mol. The Hall–Kier alpha value is -8.20. The van der Waals surface area contributed by atoms with Crippen molar-refractivity contribution in [2.24, 2.45) is 26.2 Å². The second kappa shape index (κ2) is 26.2. The zero-order chi connectivity index (χ0) is 63.3. The lowest BCUT2D eigenvalue weighted by Crippen LogP contribution is -2.19. The SMILES string of the molecule is NC(=O)Nc1cc(Nc2nc(Cl)nc(Nc3ccc4c(O)c(N=Nc5ccc(SOOCCS(=O)OOO)cc5S(=O)(=O)O)ccc4c3S(=O)(=O)O)n2)ccc1N=Nc1cc(S(=O)(=O)O)c(Nc2ccc([N+](=O)[O-])cc2S(=O)(=O)O)cc1S(=O)(=O)O. The Labute approximate surface area is 492 Å². The third-order valence-corrected chi connectivity index (χ3v) is 16.4. The van der Waals surface area contributed by atoms with Crippen molar-refractivity contribution in [2.45, 2.75) is 29.4 Å². The number of nitrogens with two attached hydrogens (primary N) is 1. The number of benzene rings is 6. The highest BCUT2D eigenvalue weighted by Gasteiger charge is 2.29. The first-order valence-electron chi connectivity index (χ1n) is 22.0. The van der Waals surface area contributed by atoms with Crippen LogP contribution in [-0.4, -0.2) is 118 Å². The number of nitrogens with one attached hydrogen (secondary N) is 4. The largest absolute Gasteiger partial charge is 0.505 e. The van der Waals surface area contributed by atoms with E-state index in [0.29, 0.717) is 42.4 Å². The number of nitro benzene ring substituents is 1. The van der Waals surface area contributed by atoms with Crippen LogP contribution in [-0.2, 0) is 80.3 Å². The van der Waals surface area contributed by atoms with E-state index in [2.05, 4.69) is 66.0 Å². The molecule has 6 aromatic carbocycles. The van der Waals surface area contributed by atoms with E-state index >= 15 is 0 Å². The van der Waals surface area contributed by atoms with Crippen molar-refractivity contribution in [1.82, 2.24) is 15.0 Å². The second-order valence-electron chi connectivity index (χ2n) is 16.1. The van der Waals surface area contributed by atoms with Gasteiger partial charge >= 0.3 is 6.03 Å². The zero-order valence-electron chi connectivity index (χ0n) is 41.4. The van der Waals surface area contributed by atoms with Gasteiger partial charge in [-0.15, -0.1) is 24.8 Å². The fourth-order valence-corrected chi connectivity index (χ4v) is 11.5. The van der Waals surface area contributed by atoms with Gasteiger partial charge in [-0.2, -0.15) is 61.4 Å². The number of amides is 2. The number of primary amides is 1. The molecule has 13 N–H and O–H groups in total. The molecule has 0 saturated heterocycles. The molecule has 7 aromatic rings. The minimum absolute atomic E-state index is 0.0283. The highest BCUT2D eigenvalue weighted by molar-refractivity contribution is 7.94. The summed E-state index contributed by atoms with van der Waals surface area (Å²) >= 11 is 4.54. The quantitative estimate of drug-likeness (QED) is 0.00515. The van der Waals surface area contributed by atoms with Crippen LogP contribution >= 0.6 is 23.6 Å². The molecule has 7 rings (SSSR count). The van der Waals surface area contributed by atoms with E-state index in [-0.39, 0.29) is 45.1 Å². The standard InChI is InChI=1S/C40H32ClN13O25S7/c41-37-47-39(43-18-1-6-23(28(13-18)45-38(42)56)50-53-30-17-33(84(67,68)69)29(16-34(30)85(70,71)72)44-24-7-2-19(54(57)58)14-31(24)82(61,62)63)49-40(48-37)46-27-10-4-21-22(36(27)86(73,74)75)5-9-26(35(21)55)52-51-25-8-3-20(15-32(25)83(64,65)66)80-78-76-11-12-81(60)79-77-59/h1-10,13-17,44,55,59H,11-12H2,(H3,42,45,56)(H,61,62,63)(H,64,65,66)(H,67,68,69)(H,70,71,72)(H,73,74,75)(H2,43,46,47,48,49). The topological polar surface area (TPSA) is 589 Å². The van der Waals surface area contributed by atoms with Gasteiger partial charge in [0.05, 0.1) is 52.1 Å². The number of azo groups is 2. The molecule has 0 saturated carbocycles. The van der Waals surface area contributed by atoms with E-state index in [1.807, 2.05) is 0 Å². The summed E-state index contributed by atoms with van der Waals surface area (Å²) in [6.07, 6.45) is 0. The Balaban J connectivity index is 1.15. The first-order chi connectivity index (χ1) is 40.1. The fraction of sp³-hybridized carbons (Fsp3) is 0.0500. The normalized spacial score (nSPS) is 12.8. The highest BCUT2D eigenvalue weighted by Crippen LogP contribution is 2.43. The summed E-state index contributed by atoms with van der Waals surface area (Å²) in [7, 11) is -26.5. The number of aromatic hydroxyl groups is 1. The Morgan fingerprint density at radius 3 is 1.84 bits per heavy atom. The molecule has 0 bridgehead atoms. The molecule has 1 heterocycles. The number of anilines is 7. The van der Waals surface area contributed by atoms with Crippen LogP contribution in [0.25, 0.3) is 10.8 Å². The summed E-state index contributed by atoms with van der Waals surface area (Å²) in [5, 5.41) is 57.4. The van der Waals surface area contributed by atoms with Crippen LogP contribution in [0.2, 0.25) is 5.28 Å². The maximum atomic E-state index is 13.0. The second-order valence-corrected chi connectivity index (χ2v) is 25.3.